The van der Waals surface area contributed by atoms with Crippen molar-refractivity contribution in [3.05, 3.63) is 215 Å². The Labute approximate surface area is 439 Å². The molecule has 0 aliphatic heterocycles. The molecule has 0 fully saturated rings. The van der Waals surface area contributed by atoms with Crippen molar-refractivity contribution in [3.8, 4) is 33.4 Å². The third kappa shape index (κ3) is 10.7. The van der Waals surface area contributed by atoms with Gasteiger partial charge in [0.1, 0.15) is 0 Å². The summed E-state index contributed by atoms with van der Waals surface area (Å²) in [6.07, 6.45) is 8.72. The summed E-state index contributed by atoms with van der Waals surface area (Å²) in [6, 6.07) is 62.1. The van der Waals surface area contributed by atoms with Gasteiger partial charge in [0.25, 0.3) is 0 Å². The van der Waals surface area contributed by atoms with Gasteiger partial charge in [-0.05, 0) is 164 Å². The number of aromatic carboxylic acids is 2. The summed E-state index contributed by atoms with van der Waals surface area (Å²) >= 11 is 0. The van der Waals surface area contributed by atoms with Crippen LogP contribution in [0.5, 0.6) is 0 Å². The molecule has 6 heteroatoms. The fourth-order valence-corrected chi connectivity index (χ4v) is 10.8. The molecule has 0 amide bonds. The minimum Gasteiger partial charge on any atom is -0.478 e. The molecule has 0 bridgehead atoms. The first kappa shape index (κ1) is 51.2. The van der Waals surface area contributed by atoms with E-state index in [1.807, 2.05) is 12.1 Å². The Morgan fingerprint density at radius 2 is 0.797 bits per heavy atom. The van der Waals surface area contributed by atoms with Crippen molar-refractivity contribution >= 4 is 46.1 Å². The number of benzene rings is 8. The van der Waals surface area contributed by atoms with Gasteiger partial charge in [-0.25, -0.2) is 9.59 Å². The Bertz CT molecular complexity index is 3290. The molecular formula is C68H70N2O4. The summed E-state index contributed by atoms with van der Waals surface area (Å²) in [5.41, 5.74) is 18.0. The molecule has 6 nitrogen and oxygen atoms in total. The van der Waals surface area contributed by atoms with Crippen LogP contribution >= 0.6 is 0 Å². The molecule has 2 N–H and O–H groups in total. The van der Waals surface area contributed by atoms with Crippen LogP contribution in [0.3, 0.4) is 0 Å². The minimum absolute atomic E-state index is 0.0153. The molecule has 9 rings (SSSR count). The van der Waals surface area contributed by atoms with E-state index in [-0.39, 0.29) is 27.4 Å². The number of hydrogen-bond acceptors (Lipinski definition) is 4. The van der Waals surface area contributed by atoms with Crippen LogP contribution in [0.2, 0.25) is 0 Å². The number of unbranched alkanes of at least 4 members (excludes halogenated alkanes) is 5. The Morgan fingerprint density at radius 1 is 0.419 bits per heavy atom. The van der Waals surface area contributed by atoms with Gasteiger partial charge < -0.3 is 20.0 Å². The lowest BCUT2D eigenvalue weighted by molar-refractivity contribution is 0.0686. The van der Waals surface area contributed by atoms with Gasteiger partial charge in [0.2, 0.25) is 0 Å². The van der Waals surface area contributed by atoms with Crippen LogP contribution in [0.25, 0.3) is 33.4 Å². The predicted molar refractivity (Wildman–Crippen MR) is 308 cm³/mol. The normalized spacial score (nSPS) is 14.1. The highest BCUT2D eigenvalue weighted by molar-refractivity contribution is 5.92. The standard InChI is InChI=1S/C68H70N2O4/c1-9-10-11-12-13-14-41-68(8)62-44-49(27-39-60(62)61-40-30-53(45-63(61)68)67(5,6)7)48-25-35-56(36-26-48)69(58-19-15-17-50(42-58)64(71)72)54-31-21-46(22-32-54)47-23-33-55(34-24-47)70(59-20-16-18-51(43-59)65(73)74)57-37-28-52(29-38-57)66(2,3)4/h15-40,42-45H,9-14,41H2,1-8H3,(H,71,72)(H,73,74). The maximum atomic E-state index is 12.3. The Balaban J connectivity index is 1.02. The van der Waals surface area contributed by atoms with Crippen LogP contribution in [0.1, 0.15) is 143 Å². The molecule has 0 saturated heterocycles. The van der Waals surface area contributed by atoms with Gasteiger partial charge in [0.15, 0.2) is 0 Å². The molecule has 1 atom stereocenters. The number of hydrogen-bond donors (Lipinski definition) is 2. The van der Waals surface area contributed by atoms with Crippen LogP contribution < -0.4 is 9.80 Å². The van der Waals surface area contributed by atoms with E-state index >= 15 is 0 Å². The molecule has 0 radical (unpaired) electrons. The van der Waals surface area contributed by atoms with E-state index in [4.69, 9.17) is 0 Å². The van der Waals surface area contributed by atoms with E-state index in [2.05, 4.69) is 199 Å². The average Bonchev–Trinajstić information content (AvgIpc) is 3.66. The minimum atomic E-state index is -0.979. The van der Waals surface area contributed by atoms with E-state index in [0.717, 1.165) is 57.2 Å². The summed E-state index contributed by atoms with van der Waals surface area (Å²) in [6.45, 7) is 18.2. The first-order valence-corrected chi connectivity index (χ1v) is 26.4. The number of fused-ring (bicyclic) bond motifs is 3. The summed E-state index contributed by atoms with van der Waals surface area (Å²) in [4.78, 5) is 28.5. The lowest BCUT2D eigenvalue weighted by Crippen LogP contribution is -2.22. The second-order valence-corrected chi connectivity index (χ2v) is 22.4. The highest BCUT2D eigenvalue weighted by Crippen LogP contribution is 2.53. The summed E-state index contributed by atoms with van der Waals surface area (Å²) in [5.74, 6) is -1.95. The molecule has 0 saturated carbocycles. The van der Waals surface area contributed by atoms with Crippen LogP contribution in [0.15, 0.2) is 182 Å². The van der Waals surface area contributed by atoms with Gasteiger partial charge in [0.05, 0.1) is 11.1 Å². The predicted octanol–water partition coefficient (Wildman–Crippen LogP) is 19.0. The third-order valence-electron chi connectivity index (χ3n) is 15.2. The van der Waals surface area contributed by atoms with E-state index in [9.17, 15) is 19.8 Å². The number of carboxylic acid groups (broad SMARTS) is 2. The first-order valence-electron chi connectivity index (χ1n) is 26.4. The number of carbonyl (C=O) groups is 2. The fraction of sp³-hybridized carbons (Fsp3) is 0.265. The maximum absolute atomic E-state index is 12.3. The smallest absolute Gasteiger partial charge is 0.335 e. The molecule has 0 spiro atoms. The van der Waals surface area contributed by atoms with Crippen LogP contribution in [-0.4, -0.2) is 22.2 Å². The zero-order valence-electron chi connectivity index (χ0n) is 44.4. The lowest BCUT2D eigenvalue weighted by atomic mass is 9.74. The van der Waals surface area contributed by atoms with Crippen molar-refractivity contribution in [1.82, 2.24) is 0 Å². The highest BCUT2D eigenvalue weighted by atomic mass is 16.4. The van der Waals surface area contributed by atoms with Crippen molar-refractivity contribution < 1.29 is 19.8 Å². The largest absolute Gasteiger partial charge is 0.478 e. The molecule has 0 heterocycles. The Hall–Kier alpha value is -7.70. The van der Waals surface area contributed by atoms with Gasteiger partial charge in [-0.15, -0.1) is 0 Å². The zero-order chi connectivity index (χ0) is 52.4. The van der Waals surface area contributed by atoms with E-state index in [1.54, 1.807) is 36.4 Å². The quantitative estimate of drug-likeness (QED) is 0.0885. The molecule has 1 aliphatic rings. The molecular weight excluding hydrogens is 909 g/mol. The molecule has 74 heavy (non-hydrogen) atoms. The first-order chi connectivity index (χ1) is 35.4. The lowest BCUT2D eigenvalue weighted by Gasteiger charge is -2.30. The highest BCUT2D eigenvalue weighted by Gasteiger charge is 2.40. The second-order valence-electron chi connectivity index (χ2n) is 22.4. The van der Waals surface area contributed by atoms with Gasteiger partial charge in [-0.3, -0.25) is 0 Å². The monoisotopic (exact) mass is 979 g/mol. The third-order valence-corrected chi connectivity index (χ3v) is 15.2. The molecule has 0 aromatic heterocycles. The maximum Gasteiger partial charge on any atom is 0.335 e. The molecule has 1 aliphatic carbocycles. The van der Waals surface area contributed by atoms with Crippen LogP contribution in [0.4, 0.5) is 34.1 Å². The van der Waals surface area contributed by atoms with Crippen molar-refractivity contribution in [2.24, 2.45) is 0 Å². The van der Waals surface area contributed by atoms with Crippen molar-refractivity contribution in [2.45, 2.75) is 117 Å². The average molecular weight is 979 g/mol. The van der Waals surface area contributed by atoms with E-state index in [0.29, 0.717) is 0 Å². The molecule has 1 unspecified atom stereocenters. The number of rotatable bonds is 17. The van der Waals surface area contributed by atoms with Gasteiger partial charge in [-0.1, -0.05) is 185 Å². The zero-order valence-corrected chi connectivity index (χ0v) is 44.4. The molecule has 8 aromatic carbocycles. The Kier molecular flexibility index (Phi) is 14.6. The second kappa shape index (κ2) is 21.0. The van der Waals surface area contributed by atoms with E-state index < -0.39 is 11.9 Å². The molecule has 376 valence electrons. The summed E-state index contributed by atoms with van der Waals surface area (Å²) in [7, 11) is 0. The van der Waals surface area contributed by atoms with Gasteiger partial charge in [-0.2, -0.15) is 0 Å². The topological polar surface area (TPSA) is 81.1 Å². The van der Waals surface area contributed by atoms with Crippen LogP contribution in [-0.2, 0) is 16.2 Å². The number of nitrogens with zero attached hydrogens (tertiary/aromatic N) is 2. The summed E-state index contributed by atoms with van der Waals surface area (Å²) < 4.78 is 0. The summed E-state index contributed by atoms with van der Waals surface area (Å²) in [5, 5.41) is 19.9. The number of carboxylic acids is 2. The SMILES string of the molecule is CCCCCCCCC1(C)c2cc(-c3ccc(N(c4ccc(-c5ccc(N(c6ccc(C(C)(C)C)cc6)c6cccc(C(=O)O)c6)cc5)cc4)c4cccc(C(=O)O)c4)cc3)ccc2-c2ccc(C(C)(C)C)cc21. The Morgan fingerprint density at radius 3 is 1.24 bits per heavy atom. The van der Waals surface area contributed by atoms with Crippen LogP contribution in [0, 0.1) is 0 Å². The van der Waals surface area contributed by atoms with Crippen molar-refractivity contribution in [2.75, 3.05) is 9.80 Å². The van der Waals surface area contributed by atoms with Crippen molar-refractivity contribution in [3.63, 3.8) is 0 Å². The van der Waals surface area contributed by atoms with Gasteiger partial charge in [0, 0.05) is 39.5 Å². The number of anilines is 6. The molecule has 8 aromatic rings. The van der Waals surface area contributed by atoms with Gasteiger partial charge >= 0.3 is 11.9 Å². The van der Waals surface area contributed by atoms with E-state index in [1.165, 1.54) is 77.5 Å². The van der Waals surface area contributed by atoms with Crippen molar-refractivity contribution in [1.29, 1.82) is 0 Å². The fourth-order valence-electron chi connectivity index (χ4n) is 10.8.